The third-order valence-corrected chi connectivity index (χ3v) is 4.30. The van der Waals surface area contributed by atoms with Crippen LogP contribution in [-0.4, -0.2) is 26.2 Å². The minimum atomic E-state index is 0.576. The van der Waals surface area contributed by atoms with E-state index in [1.54, 1.807) is 0 Å². The number of nitrogens with one attached hydrogen (secondary N) is 2. The summed E-state index contributed by atoms with van der Waals surface area (Å²) >= 11 is 0. The van der Waals surface area contributed by atoms with E-state index in [4.69, 9.17) is 0 Å². The highest BCUT2D eigenvalue weighted by atomic mass is 15.0. The molecule has 15 heavy (non-hydrogen) atoms. The van der Waals surface area contributed by atoms with E-state index in [0.717, 1.165) is 11.8 Å². The summed E-state index contributed by atoms with van der Waals surface area (Å²) in [6, 6.07) is 0. The average molecular weight is 210 g/mol. The minimum Gasteiger partial charge on any atom is -0.316 e. The Balaban J connectivity index is 1.69. The zero-order valence-electron chi connectivity index (χ0n) is 10.3. The van der Waals surface area contributed by atoms with Crippen molar-refractivity contribution in [3.63, 3.8) is 0 Å². The number of hydrogen-bond acceptors (Lipinski definition) is 2. The molecule has 2 fully saturated rings. The van der Waals surface area contributed by atoms with E-state index in [1.165, 1.54) is 51.9 Å². The lowest BCUT2D eigenvalue weighted by atomic mass is 9.82. The summed E-state index contributed by atoms with van der Waals surface area (Å²) < 4.78 is 0. The second-order valence-electron chi connectivity index (χ2n) is 5.78. The SMILES string of the molecule is CCCC1(CNCC2CC2C)CCNC1. The van der Waals surface area contributed by atoms with Crippen molar-refractivity contribution in [3.8, 4) is 0 Å². The fourth-order valence-corrected chi connectivity index (χ4v) is 2.98. The van der Waals surface area contributed by atoms with Crippen molar-refractivity contribution in [1.82, 2.24) is 10.6 Å². The molecule has 0 radical (unpaired) electrons. The summed E-state index contributed by atoms with van der Waals surface area (Å²) in [5.41, 5.74) is 0.576. The van der Waals surface area contributed by atoms with Gasteiger partial charge in [0, 0.05) is 13.1 Å². The third kappa shape index (κ3) is 2.94. The van der Waals surface area contributed by atoms with E-state index in [1.807, 2.05) is 0 Å². The zero-order chi connectivity index (χ0) is 10.7. The van der Waals surface area contributed by atoms with Gasteiger partial charge in [-0.3, -0.25) is 0 Å². The predicted molar refractivity (Wildman–Crippen MR) is 65.0 cm³/mol. The first-order chi connectivity index (χ1) is 7.26. The van der Waals surface area contributed by atoms with Crippen molar-refractivity contribution in [3.05, 3.63) is 0 Å². The summed E-state index contributed by atoms with van der Waals surface area (Å²) in [5.74, 6) is 1.97. The van der Waals surface area contributed by atoms with E-state index in [0.29, 0.717) is 5.41 Å². The fraction of sp³-hybridized carbons (Fsp3) is 1.00. The fourth-order valence-electron chi connectivity index (χ4n) is 2.98. The third-order valence-electron chi connectivity index (χ3n) is 4.30. The summed E-state index contributed by atoms with van der Waals surface area (Å²) in [6.07, 6.45) is 5.52. The quantitative estimate of drug-likeness (QED) is 0.701. The summed E-state index contributed by atoms with van der Waals surface area (Å²) in [7, 11) is 0. The summed E-state index contributed by atoms with van der Waals surface area (Å²) in [6.45, 7) is 9.62. The monoisotopic (exact) mass is 210 g/mol. The molecule has 0 spiro atoms. The van der Waals surface area contributed by atoms with Gasteiger partial charge >= 0.3 is 0 Å². The largest absolute Gasteiger partial charge is 0.316 e. The predicted octanol–water partition coefficient (Wildman–Crippen LogP) is 2.01. The van der Waals surface area contributed by atoms with Crippen LogP contribution in [0.3, 0.4) is 0 Å². The molecule has 1 aliphatic heterocycles. The Hall–Kier alpha value is -0.0800. The smallest absolute Gasteiger partial charge is 0.00206 e. The van der Waals surface area contributed by atoms with Gasteiger partial charge in [0.15, 0.2) is 0 Å². The molecule has 3 unspecified atom stereocenters. The van der Waals surface area contributed by atoms with Crippen molar-refractivity contribution in [2.24, 2.45) is 17.3 Å². The van der Waals surface area contributed by atoms with Crippen LogP contribution in [0.4, 0.5) is 0 Å². The van der Waals surface area contributed by atoms with Gasteiger partial charge in [0.1, 0.15) is 0 Å². The standard InChI is InChI=1S/C13H26N2/c1-3-4-13(5-6-14-9-13)10-15-8-12-7-11(12)2/h11-12,14-15H,3-10H2,1-2H3. The van der Waals surface area contributed by atoms with Gasteiger partial charge in [0.05, 0.1) is 0 Å². The first-order valence-corrected chi connectivity index (χ1v) is 6.67. The van der Waals surface area contributed by atoms with Crippen molar-refractivity contribution in [1.29, 1.82) is 0 Å². The van der Waals surface area contributed by atoms with Gasteiger partial charge in [-0.05, 0) is 49.6 Å². The lowest BCUT2D eigenvalue weighted by molar-refractivity contribution is 0.275. The van der Waals surface area contributed by atoms with Crippen molar-refractivity contribution in [2.75, 3.05) is 26.2 Å². The van der Waals surface area contributed by atoms with Crippen molar-refractivity contribution < 1.29 is 0 Å². The highest BCUT2D eigenvalue weighted by molar-refractivity contribution is 4.91. The van der Waals surface area contributed by atoms with Crippen LogP contribution >= 0.6 is 0 Å². The second-order valence-corrected chi connectivity index (χ2v) is 5.78. The highest BCUT2D eigenvalue weighted by Gasteiger charge is 2.35. The molecule has 1 saturated carbocycles. The first-order valence-electron chi connectivity index (χ1n) is 6.67. The average Bonchev–Trinajstić information content (AvgIpc) is 2.74. The van der Waals surface area contributed by atoms with E-state index < -0.39 is 0 Å². The first kappa shape index (κ1) is 11.4. The number of hydrogen-bond donors (Lipinski definition) is 2. The van der Waals surface area contributed by atoms with Gasteiger partial charge in [0.25, 0.3) is 0 Å². The molecule has 1 saturated heterocycles. The van der Waals surface area contributed by atoms with Gasteiger partial charge in [-0.25, -0.2) is 0 Å². The van der Waals surface area contributed by atoms with Gasteiger partial charge in [0.2, 0.25) is 0 Å². The van der Waals surface area contributed by atoms with Crippen molar-refractivity contribution in [2.45, 2.75) is 39.5 Å². The highest BCUT2D eigenvalue weighted by Crippen LogP contribution is 2.37. The molecule has 2 nitrogen and oxygen atoms in total. The Kier molecular flexibility index (Phi) is 3.68. The molecule has 1 heterocycles. The molecule has 2 N–H and O–H groups in total. The normalized spacial score (nSPS) is 39.6. The summed E-state index contributed by atoms with van der Waals surface area (Å²) in [5, 5.41) is 7.23. The summed E-state index contributed by atoms with van der Waals surface area (Å²) in [4.78, 5) is 0. The molecule has 0 aromatic rings. The van der Waals surface area contributed by atoms with Gasteiger partial charge in [-0.2, -0.15) is 0 Å². The van der Waals surface area contributed by atoms with E-state index in [9.17, 15) is 0 Å². The molecule has 0 aromatic heterocycles. The topological polar surface area (TPSA) is 24.1 Å². The Labute approximate surface area is 94.2 Å². The van der Waals surface area contributed by atoms with Crippen LogP contribution in [-0.2, 0) is 0 Å². The van der Waals surface area contributed by atoms with Crippen LogP contribution in [0.1, 0.15) is 39.5 Å². The molecular formula is C13H26N2. The van der Waals surface area contributed by atoms with Crippen LogP contribution in [0, 0.1) is 17.3 Å². The molecule has 0 aromatic carbocycles. The lowest BCUT2D eigenvalue weighted by Crippen LogP contribution is -2.37. The Morgan fingerprint density at radius 2 is 2.27 bits per heavy atom. The molecule has 3 atom stereocenters. The Morgan fingerprint density at radius 1 is 1.47 bits per heavy atom. The lowest BCUT2D eigenvalue weighted by Gasteiger charge is -2.28. The molecular weight excluding hydrogens is 184 g/mol. The molecule has 2 aliphatic rings. The van der Waals surface area contributed by atoms with Crippen LogP contribution < -0.4 is 10.6 Å². The molecule has 2 heteroatoms. The van der Waals surface area contributed by atoms with E-state index in [2.05, 4.69) is 24.5 Å². The van der Waals surface area contributed by atoms with Gasteiger partial charge < -0.3 is 10.6 Å². The molecule has 2 rings (SSSR count). The maximum Gasteiger partial charge on any atom is 0.00206 e. The van der Waals surface area contributed by atoms with Crippen LogP contribution in [0.15, 0.2) is 0 Å². The van der Waals surface area contributed by atoms with Crippen LogP contribution in [0.5, 0.6) is 0 Å². The molecule has 0 bridgehead atoms. The second kappa shape index (κ2) is 4.84. The van der Waals surface area contributed by atoms with E-state index >= 15 is 0 Å². The molecule has 1 aliphatic carbocycles. The number of rotatable bonds is 6. The Morgan fingerprint density at radius 3 is 2.80 bits per heavy atom. The van der Waals surface area contributed by atoms with Gasteiger partial charge in [-0.1, -0.05) is 20.3 Å². The molecule has 0 amide bonds. The van der Waals surface area contributed by atoms with Crippen molar-refractivity contribution >= 4 is 0 Å². The van der Waals surface area contributed by atoms with E-state index in [-0.39, 0.29) is 0 Å². The van der Waals surface area contributed by atoms with Crippen LogP contribution in [0.2, 0.25) is 0 Å². The molecule has 88 valence electrons. The maximum absolute atomic E-state index is 3.71. The van der Waals surface area contributed by atoms with Crippen LogP contribution in [0.25, 0.3) is 0 Å². The maximum atomic E-state index is 3.71. The minimum absolute atomic E-state index is 0.576. The Bertz CT molecular complexity index is 197. The van der Waals surface area contributed by atoms with Gasteiger partial charge in [-0.15, -0.1) is 0 Å². The zero-order valence-corrected chi connectivity index (χ0v) is 10.3.